The van der Waals surface area contributed by atoms with Gasteiger partial charge in [-0.2, -0.15) is 0 Å². The molecule has 1 aliphatic rings. The quantitative estimate of drug-likeness (QED) is 0.374. The smallest absolute Gasteiger partial charge is 0.174 e. The Morgan fingerprint density at radius 3 is 2.26 bits per heavy atom. The number of aryl methyl sites for hydroxylation is 4. The van der Waals surface area contributed by atoms with Gasteiger partial charge in [0.05, 0.1) is 17.8 Å². The van der Waals surface area contributed by atoms with Gasteiger partial charge in [0.25, 0.3) is 0 Å². The number of anilines is 1. The minimum absolute atomic E-state index is 0.0478. The Labute approximate surface area is 206 Å². The fraction of sp³-hybridized carbons (Fsp3) is 0.250. The number of hydrogen-bond acceptors (Lipinski definition) is 3. The van der Waals surface area contributed by atoms with Crippen molar-refractivity contribution >= 4 is 23.0 Å². The zero-order chi connectivity index (χ0) is 24.0. The van der Waals surface area contributed by atoms with E-state index in [2.05, 4.69) is 90.8 Å². The normalized spacial score (nSPS) is 17.8. The summed E-state index contributed by atoms with van der Waals surface area (Å²) in [5.41, 5.74) is 9.19. The van der Waals surface area contributed by atoms with Crippen molar-refractivity contribution in [2.24, 2.45) is 0 Å². The minimum atomic E-state index is -0.0751. The molecule has 1 aromatic carbocycles. The number of pyridine rings is 2. The number of benzene rings is 1. The molecule has 1 N–H and O–H groups in total. The third kappa shape index (κ3) is 3.88. The summed E-state index contributed by atoms with van der Waals surface area (Å²) in [5.74, 6) is 0.933. The Kier molecular flexibility index (Phi) is 5.70. The molecule has 0 aliphatic carbocycles. The van der Waals surface area contributed by atoms with Crippen LogP contribution in [-0.2, 0) is 0 Å². The Balaban J connectivity index is 1.70. The molecule has 1 fully saturated rings. The fourth-order valence-electron chi connectivity index (χ4n) is 5.12. The zero-order valence-corrected chi connectivity index (χ0v) is 21.0. The van der Waals surface area contributed by atoms with Crippen molar-refractivity contribution in [2.75, 3.05) is 4.90 Å². The van der Waals surface area contributed by atoms with Gasteiger partial charge in [-0.15, -0.1) is 0 Å². The number of nitrogens with one attached hydrogen (secondary N) is 1. The van der Waals surface area contributed by atoms with E-state index in [4.69, 9.17) is 17.2 Å². The summed E-state index contributed by atoms with van der Waals surface area (Å²) >= 11 is 5.92. The van der Waals surface area contributed by atoms with Gasteiger partial charge in [-0.3, -0.25) is 4.98 Å². The Morgan fingerprint density at radius 2 is 1.59 bits per heavy atom. The molecule has 2 atom stereocenters. The molecule has 4 aromatic rings. The molecule has 5 rings (SSSR count). The summed E-state index contributed by atoms with van der Waals surface area (Å²) in [4.78, 5) is 11.6. The molecule has 4 heterocycles. The van der Waals surface area contributed by atoms with Crippen molar-refractivity contribution in [3.8, 4) is 5.82 Å². The molecule has 0 spiro atoms. The summed E-state index contributed by atoms with van der Waals surface area (Å²) < 4.78 is 2.23. The molecule has 1 aliphatic heterocycles. The second-order valence-corrected chi connectivity index (χ2v) is 9.58. The molecule has 6 heteroatoms. The first kappa shape index (κ1) is 22.3. The Hall–Kier alpha value is -3.51. The van der Waals surface area contributed by atoms with Crippen LogP contribution in [0.5, 0.6) is 0 Å². The van der Waals surface area contributed by atoms with Gasteiger partial charge in [0.15, 0.2) is 5.11 Å². The molecule has 0 radical (unpaired) electrons. The van der Waals surface area contributed by atoms with Crippen LogP contribution in [0, 0.1) is 34.6 Å². The lowest BCUT2D eigenvalue weighted by atomic mass is 9.96. The number of aromatic nitrogens is 3. The van der Waals surface area contributed by atoms with Gasteiger partial charge >= 0.3 is 0 Å². The van der Waals surface area contributed by atoms with E-state index >= 15 is 0 Å². The van der Waals surface area contributed by atoms with Crippen LogP contribution in [0.4, 0.5) is 5.69 Å². The van der Waals surface area contributed by atoms with Crippen molar-refractivity contribution in [1.82, 2.24) is 19.9 Å². The first-order valence-corrected chi connectivity index (χ1v) is 11.9. The van der Waals surface area contributed by atoms with Crippen LogP contribution in [0.1, 0.15) is 51.4 Å². The second-order valence-electron chi connectivity index (χ2n) is 9.20. The van der Waals surface area contributed by atoms with Gasteiger partial charge in [0.2, 0.25) is 0 Å². The van der Waals surface area contributed by atoms with Gasteiger partial charge in [-0.1, -0.05) is 12.1 Å². The highest BCUT2D eigenvalue weighted by Gasteiger charge is 2.42. The average Bonchev–Trinajstić information content (AvgIpc) is 3.29. The lowest BCUT2D eigenvalue weighted by molar-refractivity contribution is 0.565. The number of thiocarbonyl (C=S) groups is 1. The summed E-state index contributed by atoms with van der Waals surface area (Å²) in [7, 11) is 0. The molecular formula is C28H29N5S. The summed E-state index contributed by atoms with van der Waals surface area (Å²) in [6.45, 7) is 10.7. The van der Waals surface area contributed by atoms with Crippen LogP contribution >= 0.6 is 12.2 Å². The number of rotatable bonds is 4. The monoisotopic (exact) mass is 467 g/mol. The molecule has 172 valence electrons. The predicted molar refractivity (Wildman–Crippen MR) is 142 cm³/mol. The van der Waals surface area contributed by atoms with Crippen LogP contribution < -0.4 is 10.2 Å². The highest BCUT2D eigenvalue weighted by Crippen LogP contribution is 2.44. The molecule has 2 unspecified atom stereocenters. The third-order valence-corrected chi connectivity index (χ3v) is 6.82. The number of nitrogens with zero attached hydrogens (tertiary/aromatic N) is 4. The zero-order valence-electron chi connectivity index (χ0n) is 20.2. The fourth-order valence-corrected chi connectivity index (χ4v) is 5.47. The van der Waals surface area contributed by atoms with Crippen molar-refractivity contribution < 1.29 is 0 Å². The lowest BCUT2D eigenvalue weighted by Crippen LogP contribution is -2.29. The minimum Gasteiger partial charge on any atom is -0.351 e. The van der Waals surface area contributed by atoms with Gasteiger partial charge in [0, 0.05) is 29.5 Å². The van der Waals surface area contributed by atoms with Crippen molar-refractivity contribution in [3.05, 3.63) is 106 Å². The summed E-state index contributed by atoms with van der Waals surface area (Å²) in [6, 6.07) is 18.9. The molecule has 5 nitrogen and oxygen atoms in total. The summed E-state index contributed by atoms with van der Waals surface area (Å²) in [6.07, 6.45) is 3.71. The average molecular weight is 468 g/mol. The summed E-state index contributed by atoms with van der Waals surface area (Å²) in [5, 5.41) is 4.29. The largest absolute Gasteiger partial charge is 0.351 e. The molecule has 34 heavy (non-hydrogen) atoms. The van der Waals surface area contributed by atoms with E-state index in [9.17, 15) is 0 Å². The van der Waals surface area contributed by atoms with E-state index < -0.39 is 0 Å². The molecule has 0 saturated carbocycles. The SMILES string of the molecule is Cc1cc(C)cc(N2C(=S)NC(c3ccccn3)C2c2cc(C)n(-c3cc(C)ccn3)c2C)c1. The van der Waals surface area contributed by atoms with Gasteiger partial charge in [-0.25, -0.2) is 4.98 Å². The van der Waals surface area contributed by atoms with Crippen LogP contribution in [0.2, 0.25) is 0 Å². The van der Waals surface area contributed by atoms with Crippen molar-refractivity contribution in [3.63, 3.8) is 0 Å². The van der Waals surface area contributed by atoms with Crippen LogP contribution in [0.3, 0.4) is 0 Å². The van der Waals surface area contributed by atoms with E-state index in [1.54, 1.807) is 0 Å². The Bertz CT molecular complexity index is 1350. The van der Waals surface area contributed by atoms with E-state index in [1.165, 1.54) is 22.3 Å². The van der Waals surface area contributed by atoms with E-state index in [0.717, 1.165) is 28.6 Å². The van der Waals surface area contributed by atoms with E-state index in [-0.39, 0.29) is 12.1 Å². The molecular weight excluding hydrogens is 438 g/mol. The topological polar surface area (TPSA) is 46.0 Å². The van der Waals surface area contributed by atoms with Crippen molar-refractivity contribution in [1.29, 1.82) is 0 Å². The van der Waals surface area contributed by atoms with Crippen molar-refractivity contribution in [2.45, 2.75) is 46.7 Å². The van der Waals surface area contributed by atoms with Crippen LogP contribution in [0.25, 0.3) is 5.82 Å². The highest BCUT2D eigenvalue weighted by molar-refractivity contribution is 7.80. The maximum atomic E-state index is 5.92. The maximum absolute atomic E-state index is 5.92. The maximum Gasteiger partial charge on any atom is 0.174 e. The molecule has 0 bridgehead atoms. The van der Waals surface area contributed by atoms with Gasteiger partial charge < -0.3 is 14.8 Å². The molecule has 0 amide bonds. The van der Waals surface area contributed by atoms with Crippen LogP contribution in [-0.4, -0.2) is 19.6 Å². The van der Waals surface area contributed by atoms with E-state index in [0.29, 0.717) is 5.11 Å². The standard InChI is InChI=1S/C28H29N5S/c1-17-9-11-30-25(15-17)32-20(4)16-23(21(32)5)27-26(24-8-6-7-10-29-24)31-28(34)33(27)22-13-18(2)12-19(3)14-22/h6-16,26-27H,1-5H3,(H,31,34). The van der Waals surface area contributed by atoms with Gasteiger partial charge in [0.1, 0.15) is 5.82 Å². The molecule has 3 aromatic heterocycles. The first-order chi connectivity index (χ1) is 16.3. The van der Waals surface area contributed by atoms with Crippen LogP contribution in [0.15, 0.2) is 67.0 Å². The number of hydrogen-bond donors (Lipinski definition) is 1. The van der Waals surface area contributed by atoms with E-state index in [1.807, 2.05) is 30.6 Å². The lowest BCUT2D eigenvalue weighted by Gasteiger charge is -2.28. The predicted octanol–water partition coefficient (Wildman–Crippen LogP) is 5.99. The highest BCUT2D eigenvalue weighted by atomic mass is 32.1. The Morgan fingerprint density at radius 1 is 0.824 bits per heavy atom. The first-order valence-electron chi connectivity index (χ1n) is 11.5. The van der Waals surface area contributed by atoms with Gasteiger partial charge in [-0.05, 0) is 112 Å². The second kappa shape index (κ2) is 8.69. The molecule has 1 saturated heterocycles. The third-order valence-electron chi connectivity index (χ3n) is 6.50.